The third-order valence-corrected chi connectivity index (χ3v) is 2.74. The topological polar surface area (TPSA) is 23.5 Å². The number of hydrogen-bond donors (Lipinski definition) is 1. The van der Waals surface area contributed by atoms with Crippen LogP contribution in [0.3, 0.4) is 0 Å². The second kappa shape index (κ2) is 8.31. The summed E-state index contributed by atoms with van der Waals surface area (Å²) < 4.78 is 0. The van der Waals surface area contributed by atoms with Gasteiger partial charge in [0.25, 0.3) is 0 Å². The number of nitrogens with zero attached hydrogens (tertiary/aromatic N) is 1. The average molecular weight is 221 g/mol. The monoisotopic (exact) mass is 221 g/mol. The van der Waals surface area contributed by atoms with Crippen LogP contribution in [0.1, 0.15) is 31.7 Å². The van der Waals surface area contributed by atoms with E-state index in [1.807, 2.05) is 6.07 Å². The molecule has 0 heterocycles. The van der Waals surface area contributed by atoms with Crippen LogP contribution in [0.25, 0.3) is 0 Å². The van der Waals surface area contributed by atoms with Crippen LogP contribution < -0.4 is 0 Å². The standard InChI is InChI=1S/C14H23NO/c1-2-3-7-10-15(11-12-16)13-14-8-5-4-6-9-14/h4-6,8-9,16H,2-3,7,10-13H2,1H3. The van der Waals surface area contributed by atoms with E-state index in [2.05, 4.69) is 36.1 Å². The van der Waals surface area contributed by atoms with E-state index in [4.69, 9.17) is 5.11 Å². The van der Waals surface area contributed by atoms with Gasteiger partial charge in [-0.2, -0.15) is 0 Å². The lowest BCUT2D eigenvalue weighted by Gasteiger charge is -2.21. The second-order valence-electron chi connectivity index (χ2n) is 4.19. The predicted molar refractivity (Wildman–Crippen MR) is 68.3 cm³/mol. The first-order valence-electron chi connectivity index (χ1n) is 6.24. The number of aliphatic hydroxyl groups excluding tert-OH is 1. The van der Waals surface area contributed by atoms with Gasteiger partial charge in [0, 0.05) is 13.1 Å². The van der Waals surface area contributed by atoms with Gasteiger partial charge in [0.15, 0.2) is 0 Å². The van der Waals surface area contributed by atoms with E-state index in [1.165, 1.54) is 24.8 Å². The number of aliphatic hydroxyl groups is 1. The summed E-state index contributed by atoms with van der Waals surface area (Å²) in [6.45, 7) is 5.28. The molecule has 90 valence electrons. The summed E-state index contributed by atoms with van der Waals surface area (Å²) in [5, 5.41) is 9.03. The number of unbranched alkanes of at least 4 members (excludes halogenated alkanes) is 2. The van der Waals surface area contributed by atoms with Crippen LogP contribution in [0.15, 0.2) is 30.3 Å². The van der Waals surface area contributed by atoms with Crippen LogP contribution in [-0.2, 0) is 6.54 Å². The smallest absolute Gasteiger partial charge is 0.0558 e. The molecule has 0 radical (unpaired) electrons. The Bertz CT molecular complexity index is 261. The first-order valence-corrected chi connectivity index (χ1v) is 6.24. The van der Waals surface area contributed by atoms with Crippen molar-refractivity contribution in [3.05, 3.63) is 35.9 Å². The molecule has 0 unspecified atom stereocenters. The molecular weight excluding hydrogens is 198 g/mol. The van der Waals surface area contributed by atoms with E-state index >= 15 is 0 Å². The summed E-state index contributed by atoms with van der Waals surface area (Å²) in [7, 11) is 0. The van der Waals surface area contributed by atoms with Gasteiger partial charge in [-0.3, -0.25) is 4.90 Å². The molecular formula is C14H23NO. The fraction of sp³-hybridized carbons (Fsp3) is 0.571. The molecule has 1 aromatic rings. The molecule has 16 heavy (non-hydrogen) atoms. The summed E-state index contributed by atoms with van der Waals surface area (Å²) >= 11 is 0. The molecule has 0 bridgehead atoms. The van der Waals surface area contributed by atoms with E-state index in [0.29, 0.717) is 0 Å². The van der Waals surface area contributed by atoms with Crippen molar-refractivity contribution in [2.45, 2.75) is 32.7 Å². The highest BCUT2D eigenvalue weighted by Gasteiger charge is 2.04. The number of rotatable bonds is 8. The average Bonchev–Trinajstić information content (AvgIpc) is 2.31. The zero-order valence-electron chi connectivity index (χ0n) is 10.2. The normalized spacial score (nSPS) is 10.9. The van der Waals surface area contributed by atoms with Crippen LogP contribution in [0.5, 0.6) is 0 Å². The molecule has 2 nitrogen and oxygen atoms in total. The van der Waals surface area contributed by atoms with Crippen molar-refractivity contribution in [3.63, 3.8) is 0 Å². The van der Waals surface area contributed by atoms with E-state index < -0.39 is 0 Å². The first-order chi connectivity index (χ1) is 7.86. The molecule has 1 N–H and O–H groups in total. The van der Waals surface area contributed by atoms with Gasteiger partial charge >= 0.3 is 0 Å². The van der Waals surface area contributed by atoms with E-state index in [-0.39, 0.29) is 6.61 Å². The van der Waals surface area contributed by atoms with Gasteiger partial charge < -0.3 is 5.11 Å². The maximum absolute atomic E-state index is 9.03. The van der Waals surface area contributed by atoms with E-state index in [9.17, 15) is 0 Å². The molecule has 1 aromatic carbocycles. The summed E-state index contributed by atoms with van der Waals surface area (Å²) in [6.07, 6.45) is 3.75. The third-order valence-electron chi connectivity index (χ3n) is 2.74. The van der Waals surface area contributed by atoms with Crippen molar-refractivity contribution in [1.29, 1.82) is 0 Å². The van der Waals surface area contributed by atoms with Crippen LogP contribution >= 0.6 is 0 Å². The molecule has 0 aliphatic heterocycles. The first kappa shape index (κ1) is 13.2. The van der Waals surface area contributed by atoms with Crippen molar-refractivity contribution >= 4 is 0 Å². The molecule has 0 spiro atoms. The number of hydrogen-bond acceptors (Lipinski definition) is 2. The van der Waals surface area contributed by atoms with Crippen LogP contribution in [0.2, 0.25) is 0 Å². The van der Waals surface area contributed by atoms with Gasteiger partial charge in [-0.25, -0.2) is 0 Å². The Labute approximate surface area is 98.9 Å². The summed E-state index contributed by atoms with van der Waals surface area (Å²) in [5.41, 5.74) is 1.33. The van der Waals surface area contributed by atoms with Crippen molar-refractivity contribution < 1.29 is 5.11 Å². The van der Waals surface area contributed by atoms with Crippen LogP contribution in [0, 0.1) is 0 Å². The second-order valence-corrected chi connectivity index (χ2v) is 4.19. The molecule has 0 fully saturated rings. The highest BCUT2D eigenvalue weighted by Crippen LogP contribution is 2.06. The molecule has 0 saturated heterocycles. The lowest BCUT2D eigenvalue weighted by atomic mass is 10.2. The van der Waals surface area contributed by atoms with Gasteiger partial charge in [0.2, 0.25) is 0 Å². The molecule has 2 heteroatoms. The van der Waals surface area contributed by atoms with Crippen molar-refractivity contribution in [3.8, 4) is 0 Å². The lowest BCUT2D eigenvalue weighted by Crippen LogP contribution is -2.27. The van der Waals surface area contributed by atoms with Crippen LogP contribution in [0.4, 0.5) is 0 Å². The Hall–Kier alpha value is -0.860. The highest BCUT2D eigenvalue weighted by atomic mass is 16.3. The molecule has 1 rings (SSSR count). The van der Waals surface area contributed by atoms with Gasteiger partial charge in [0.1, 0.15) is 0 Å². The van der Waals surface area contributed by atoms with Crippen LogP contribution in [-0.4, -0.2) is 29.7 Å². The zero-order valence-corrected chi connectivity index (χ0v) is 10.2. The predicted octanol–water partition coefficient (Wildman–Crippen LogP) is 2.67. The minimum atomic E-state index is 0.249. The third kappa shape index (κ3) is 5.29. The lowest BCUT2D eigenvalue weighted by molar-refractivity contribution is 0.187. The largest absolute Gasteiger partial charge is 0.395 e. The van der Waals surface area contributed by atoms with Crippen molar-refractivity contribution in [2.75, 3.05) is 19.7 Å². The van der Waals surface area contributed by atoms with Gasteiger partial charge in [0.05, 0.1) is 6.61 Å². The maximum Gasteiger partial charge on any atom is 0.0558 e. The van der Waals surface area contributed by atoms with Gasteiger partial charge in [-0.05, 0) is 18.5 Å². The Morgan fingerprint density at radius 1 is 1.06 bits per heavy atom. The highest BCUT2D eigenvalue weighted by molar-refractivity contribution is 5.14. The van der Waals surface area contributed by atoms with Crippen molar-refractivity contribution in [1.82, 2.24) is 4.90 Å². The molecule has 0 aliphatic rings. The fourth-order valence-corrected chi connectivity index (χ4v) is 1.84. The Morgan fingerprint density at radius 2 is 1.81 bits per heavy atom. The summed E-state index contributed by atoms with van der Waals surface area (Å²) in [6, 6.07) is 10.5. The molecule has 0 atom stereocenters. The molecule has 0 amide bonds. The zero-order chi connectivity index (χ0) is 11.6. The van der Waals surface area contributed by atoms with Gasteiger partial charge in [-0.1, -0.05) is 50.1 Å². The Balaban J connectivity index is 2.38. The molecule has 0 saturated carbocycles. The maximum atomic E-state index is 9.03. The Kier molecular flexibility index (Phi) is 6.86. The minimum Gasteiger partial charge on any atom is -0.395 e. The quantitative estimate of drug-likeness (QED) is 0.682. The summed E-state index contributed by atoms with van der Waals surface area (Å²) in [5.74, 6) is 0. The minimum absolute atomic E-state index is 0.249. The number of benzene rings is 1. The van der Waals surface area contributed by atoms with E-state index in [1.54, 1.807) is 0 Å². The Morgan fingerprint density at radius 3 is 2.44 bits per heavy atom. The molecule has 0 aliphatic carbocycles. The van der Waals surface area contributed by atoms with E-state index in [0.717, 1.165) is 19.6 Å². The summed E-state index contributed by atoms with van der Waals surface area (Å²) in [4.78, 5) is 2.32. The fourth-order valence-electron chi connectivity index (χ4n) is 1.84. The van der Waals surface area contributed by atoms with Crippen molar-refractivity contribution in [2.24, 2.45) is 0 Å². The SMILES string of the molecule is CCCCCN(CCO)Cc1ccccc1. The molecule has 0 aromatic heterocycles. The van der Waals surface area contributed by atoms with Gasteiger partial charge in [-0.15, -0.1) is 0 Å².